The van der Waals surface area contributed by atoms with Crippen LogP contribution in [0.4, 0.5) is 5.82 Å². The Morgan fingerprint density at radius 3 is 2.68 bits per heavy atom. The smallest absolute Gasteiger partial charge is 0.232 e. The number of fused-ring (bicyclic) bond motifs is 1. The highest BCUT2D eigenvalue weighted by molar-refractivity contribution is 9.11. The van der Waals surface area contributed by atoms with E-state index < -0.39 is 6.10 Å². The van der Waals surface area contributed by atoms with E-state index in [1.807, 2.05) is 17.0 Å². The van der Waals surface area contributed by atoms with Crippen molar-refractivity contribution in [2.45, 2.75) is 51.2 Å². The molecule has 1 saturated heterocycles. The highest BCUT2D eigenvalue weighted by Gasteiger charge is 2.35. The van der Waals surface area contributed by atoms with E-state index in [1.165, 1.54) is 0 Å². The summed E-state index contributed by atoms with van der Waals surface area (Å²) in [5.74, 6) is 1.16. The van der Waals surface area contributed by atoms with Crippen LogP contribution in [0.25, 0.3) is 0 Å². The Hall–Kier alpha value is -1.55. The van der Waals surface area contributed by atoms with E-state index >= 15 is 0 Å². The highest BCUT2D eigenvalue weighted by Crippen LogP contribution is 2.42. The molecule has 0 radical (unpaired) electrons. The first kappa shape index (κ1) is 22.6. The number of nitrogens with one attached hydrogen (secondary N) is 1. The number of aliphatic hydroxyl groups excluding tert-OH is 1. The van der Waals surface area contributed by atoms with Gasteiger partial charge in [-0.2, -0.15) is 0 Å². The molecule has 4 rings (SSSR count). The summed E-state index contributed by atoms with van der Waals surface area (Å²) < 4.78 is 1.04. The van der Waals surface area contributed by atoms with E-state index in [2.05, 4.69) is 56.9 Å². The topological polar surface area (TPSA) is 81.6 Å². The molecule has 9 heteroatoms. The first-order valence-corrected chi connectivity index (χ1v) is 12.5. The second-order valence-electron chi connectivity index (χ2n) is 8.72. The van der Waals surface area contributed by atoms with Crippen molar-refractivity contribution in [2.24, 2.45) is 0 Å². The monoisotopic (exact) mass is 507 g/mol. The third-order valence-corrected chi connectivity index (χ3v) is 7.87. The van der Waals surface area contributed by atoms with Gasteiger partial charge >= 0.3 is 0 Å². The molecule has 0 unspecified atom stereocenters. The number of piperazine rings is 1. The Bertz CT molecular complexity index is 928. The fourth-order valence-electron chi connectivity index (χ4n) is 4.49. The van der Waals surface area contributed by atoms with Crippen LogP contribution in [0.5, 0.6) is 0 Å². The van der Waals surface area contributed by atoms with Crippen molar-refractivity contribution in [3.8, 4) is 0 Å². The summed E-state index contributed by atoms with van der Waals surface area (Å²) >= 11 is 5.16. The Morgan fingerprint density at radius 1 is 1.29 bits per heavy atom. The lowest BCUT2D eigenvalue weighted by Crippen LogP contribution is -2.51. The van der Waals surface area contributed by atoms with Crippen LogP contribution in [0.3, 0.4) is 0 Å². The molecule has 31 heavy (non-hydrogen) atoms. The zero-order valence-corrected chi connectivity index (χ0v) is 20.6. The lowest BCUT2D eigenvalue weighted by Gasteiger charge is -2.38. The van der Waals surface area contributed by atoms with E-state index in [1.54, 1.807) is 17.7 Å². The number of carbonyl (C=O) groups excluding carboxylic acids is 1. The molecule has 2 aliphatic rings. The van der Waals surface area contributed by atoms with Crippen molar-refractivity contribution >= 4 is 39.0 Å². The molecule has 2 aromatic heterocycles. The minimum atomic E-state index is -0.506. The Labute approximate surface area is 196 Å². The number of amides is 1. The Morgan fingerprint density at radius 2 is 2.03 bits per heavy atom. The van der Waals surface area contributed by atoms with Gasteiger partial charge in [0.25, 0.3) is 0 Å². The van der Waals surface area contributed by atoms with E-state index in [9.17, 15) is 9.90 Å². The largest absolute Gasteiger partial charge is 0.387 e. The Kier molecular flexibility index (Phi) is 6.95. The van der Waals surface area contributed by atoms with Gasteiger partial charge in [-0.1, -0.05) is 20.8 Å². The average molecular weight is 508 g/mol. The number of halogens is 1. The van der Waals surface area contributed by atoms with Crippen molar-refractivity contribution in [2.75, 3.05) is 37.6 Å². The molecule has 3 heterocycles. The van der Waals surface area contributed by atoms with Gasteiger partial charge in [0.2, 0.25) is 5.91 Å². The van der Waals surface area contributed by atoms with Gasteiger partial charge in [-0.3, -0.25) is 4.79 Å². The molecule has 2 N–H and O–H groups in total. The van der Waals surface area contributed by atoms with Gasteiger partial charge in [0.05, 0.1) is 21.5 Å². The first-order chi connectivity index (χ1) is 14.8. The number of nitrogens with zero attached hydrogens (tertiary/aromatic N) is 4. The average Bonchev–Trinajstić information content (AvgIpc) is 3.31. The number of hydrogen-bond donors (Lipinski definition) is 2. The van der Waals surface area contributed by atoms with Crippen LogP contribution >= 0.6 is 27.3 Å². The van der Waals surface area contributed by atoms with Crippen LogP contribution in [0, 0.1) is 0 Å². The number of rotatable bonds is 6. The van der Waals surface area contributed by atoms with Crippen LogP contribution < -0.4 is 10.2 Å². The predicted octanol–water partition coefficient (Wildman–Crippen LogP) is 3.27. The molecule has 1 fully saturated rings. The zero-order chi connectivity index (χ0) is 22.1. The second kappa shape index (κ2) is 9.52. The molecule has 7 nitrogen and oxygen atoms in total. The summed E-state index contributed by atoms with van der Waals surface area (Å²) in [6, 6.07) is 4.39. The Balaban J connectivity index is 1.46. The fourth-order valence-corrected chi connectivity index (χ4v) is 6.01. The molecular weight excluding hydrogens is 478 g/mol. The van der Waals surface area contributed by atoms with Crippen LogP contribution in [-0.4, -0.2) is 64.6 Å². The molecule has 1 aliphatic heterocycles. The molecule has 0 bridgehead atoms. The second-order valence-corrected chi connectivity index (χ2v) is 11.2. The van der Waals surface area contributed by atoms with Crippen LogP contribution in [-0.2, 0) is 4.79 Å². The third-order valence-electron chi connectivity index (χ3n) is 6.14. The molecule has 0 spiro atoms. The maximum Gasteiger partial charge on any atom is 0.232 e. The van der Waals surface area contributed by atoms with Gasteiger partial charge in [-0.25, -0.2) is 9.97 Å². The van der Waals surface area contributed by atoms with Crippen LogP contribution in [0.2, 0.25) is 0 Å². The van der Waals surface area contributed by atoms with Gasteiger partial charge in [-0.15, -0.1) is 11.3 Å². The fraction of sp³-hybridized carbons (Fsp3) is 0.591. The van der Waals surface area contributed by atoms with Crippen molar-refractivity contribution < 1.29 is 9.90 Å². The standard InChI is InChI=1S/C22H30BrN5O2S/c1-13(2)24-11-15(17-4-5-18(23)31-17)22(30)28-8-6-27(7-9-28)21-19-14(3)10-16(29)20(19)25-12-26-21/h4-5,12-16,24,29H,6-11H2,1-3H3/t14-,15-,16+/m1/s1. The molecule has 3 atom stereocenters. The van der Waals surface area contributed by atoms with E-state index in [-0.39, 0.29) is 17.7 Å². The number of aliphatic hydroxyl groups is 1. The van der Waals surface area contributed by atoms with E-state index in [0.717, 1.165) is 38.8 Å². The number of aromatic nitrogens is 2. The molecule has 168 valence electrons. The summed E-state index contributed by atoms with van der Waals surface area (Å²) in [7, 11) is 0. The summed E-state index contributed by atoms with van der Waals surface area (Å²) in [4.78, 5) is 27.6. The summed E-state index contributed by atoms with van der Waals surface area (Å²) in [6.45, 7) is 9.75. The molecule has 1 amide bonds. The molecule has 2 aromatic rings. The number of thiophene rings is 1. The summed E-state index contributed by atoms with van der Waals surface area (Å²) in [5.41, 5.74) is 1.83. The van der Waals surface area contributed by atoms with Gasteiger partial charge in [0.15, 0.2) is 0 Å². The van der Waals surface area contributed by atoms with Crippen LogP contribution in [0.1, 0.15) is 61.3 Å². The maximum atomic E-state index is 13.4. The van der Waals surface area contributed by atoms with Crippen molar-refractivity contribution in [1.29, 1.82) is 0 Å². The number of hydrogen-bond acceptors (Lipinski definition) is 7. The zero-order valence-electron chi connectivity index (χ0n) is 18.2. The molecule has 0 saturated carbocycles. The maximum absolute atomic E-state index is 13.4. The van der Waals surface area contributed by atoms with Gasteiger partial charge < -0.3 is 20.2 Å². The quantitative estimate of drug-likeness (QED) is 0.624. The van der Waals surface area contributed by atoms with Gasteiger partial charge in [0, 0.05) is 49.2 Å². The van der Waals surface area contributed by atoms with Gasteiger partial charge in [0.1, 0.15) is 12.1 Å². The predicted molar refractivity (Wildman–Crippen MR) is 127 cm³/mol. The summed E-state index contributed by atoms with van der Waals surface area (Å²) in [6.07, 6.45) is 1.74. The third kappa shape index (κ3) is 4.79. The summed E-state index contributed by atoms with van der Waals surface area (Å²) in [5, 5.41) is 13.7. The van der Waals surface area contributed by atoms with Crippen molar-refractivity contribution in [3.05, 3.63) is 38.4 Å². The minimum Gasteiger partial charge on any atom is -0.387 e. The van der Waals surface area contributed by atoms with Crippen LogP contribution in [0.15, 0.2) is 22.2 Å². The van der Waals surface area contributed by atoms with Gasteiger partial charge in [-0.05, 0) is 40.4 Å². The van der Waals surface area contributed by atoms with E-state index in [4.69, 9.17) is 0 Å². The lowest BCUT2D eigenvalue weighted by atomic mass is 10.0. The SMILES string of the molecule is CC(C)NC[C@@H](C(=O)N1CCN(c2ncnc3c2[C@H](C)C[C@@H]3O)CC1)c1ccc(Br)s1. The lowest BCUT2D eigenvalue weighted by molar-refractivity contribution is -0.133. The highest BCUT2D eigenvalue weighted by atomic mass is 79.9. The van der Waals surface area contributed by atoms with Crippen molar-refractivity contribution in [3.63, 3.8) is 0 Å². The molecule has 0 aromatic carbocycles. The molecular formula is C22H30BrN5O2S. The molecule has 1 aliphatic carbocycles. The number of carbonyl (C=O) groups is 1. The number of anilines is 1. The van der Waals surface area contributed by atoms with Crippen molar-refractivity contribution in [1.82, 2.24) is 20.2 Å². The minimum absolute atomic E-state index is 0.177. The van der Waals surface area contributed by atoms with E-state index in [0.29, 0.717) is 32.1 Å². The normalized spacial score (nSPS) is 22.1. The first-order valence-electron chi connectivity index (χ1n) is 10.9.